The maximum Gasteiger partial charge on any atom is 0.200 e. The molecule has 0 bridgehead atoms. The van der Waals surface area contributed by atoms with Crippen LogP contribution in [0.15, 0.2) is 329 Å². The van der Waals surface area contributed by atoms with Crippen molar-refractivity contribution in [3.8, 4) is 67.5 Å². The lowest BCUT2D eigenvalue weighted by molar-refractivity contribution is 0.363. The van der Waals surface area contributed by atoms with Gasteiger partial charge in [-0.2, -0.15) is 0 Å². The van der Waals surface area contributed by atoms with Crippen molar-refractivity contribution >= 4 is 46.3 Å². The molecule has 0 saturated carbocycles. The Morgan fingerprint density at radius 2 is 0.462 bits per heavy atom. The Bertz CT molecular complexity index is 6500. The van der Waals surface area contributed by atoms with E-state index in [0.717, 1.165) is 44.5 Å². The topological polar surface area (TPSA) is 24.9 Å². The Kier molecular flexibility index (Phi) is 17.1. The van der Waals surface area contributed by atoms with Crippen molar-refractivity contribution in [3.05, 3.63) is 476 Å². The smallest absolute Gasteiger partial charge is 0.200 e. The average molecular weight is 1580 g/mol. The summed E-state index contributed by atoms with van der Waals surface area (Å²) in [6, 6.07) is 88.8. The Labute approximate surface area is 674 Å². The molecule has 0 N–H and O–H groups in total. The van der Waals surface area contributed by atoms with Crippen LogP contribution in [-0.2, 0) is 16.2 Å². The van der Waals surface area contributed by atoms with E-state index in [0.29, 0.717) is 56.3 Å². The number of halogens is 12. The van der Waals surface area contributed by atoms with Crippen molar-refractivity contribution in [1.82, 2.24) is 0 Å². The van der Waals surface area contributed by atoms with Crippen LogP contribution in [0.1, 0.15) is 77.9 Å². The van der Waals surface area contributed by atoms with Crippen molar-refractivity contribution in [2.75, 3.05) is 9.80 Å². The predicted molar refractivity (Wildman–Crippen MR) is 439 cm³/mol. The molecular formula is C103H58F12N2O2. The Morgan fingerprint density at radius 3 is 0.748 bits per heavy atom. The van der Waals surface area contributed by atoms with Crippen molar-refractivity contribution < 1.29 is 62.2 Å². The van der Waals surface area contributed by atoms with E-state index in [2.05, 4.69) is 13.2 Å². The summed E-state index contributed by atoms with van der Waals surface area (Å²) in [5, 5.41) is 0. The first-order chi connectivity index (χ1) is 57.9. The fraction of sp³-hybridized carbons (Fsp3) is 0.0291. The Morgan fingerprint density at radius 1 is 0.218 bits per heavy atom. The lowest BCUT2D eigenvalue weighted by Gasteiger charge is -2.36. The average Bonchev–Trinajstić information content (AvgIpc) is 1.53. The van der Waals surface area contributed by atoms with E-state index in [4.69, 9.17) is 9.47 Å². The van der Waals surface area contributed by atoms with Crippen LogP contribution in [0, 0.1) is 69.8 Å². The van der Waals surface area contributed by atoms with E-state index in [1.54, 1.807) is 192 Å². The van der Waals surface area contributed by atoms with Crippen LogP contribution in [0.4, 0.5) is 86.8 Å². The first-order valence-corrected chi connectivity index (χ1v) is 38.0. The number of rotatable bonds is 16. The minimum atomic E-state index is -2.35. The van der Waals surface area contributed by atoms with Gasteiger partial charge in [0.05, 0.1) is 16.2 Å². The maximum atomic E-state index is 17.6. The zero-order valence-electron chi connectivity index (χ0n) is 62.3. The molecule has 20 rings (SSSR count). The van der Waals surface area contributed by atoms with Crippen LogP contribution < -0.4 is 19.3 Å². The third-order valence-electron chi connectivity index (χ3n) is 23.7. The molecule has 2 atom stereocenters. The summed E-state index contributed by atoms with van der Waals surface area (Å²) < 4.78 is 212. The highest BCUT2D eigenvalue weighted by Gasteiger charge is 2.56. The molecule has 0 saturated heterocycles. The van der Waals surface area contributed by atoms with Crippen molar-refractivity contribution in [2.24, 2.45) is 0 Å². The van der Waals surface area contributed by atoms with Crippen molar-refractivity contribution in [3.63, 3.8) is 0 Å². The number of hydrogen-bond acceptors (Lipinski definition) is 4. The molecule has 4 aliphatic rings. The van der Waals surface area contributed by atoms with Crippen LogP contribution in [0.25, 0.3) is 56.7 Å². The van der Waals surface area contributed by atoms with Gasteiger partial charge in [-0.1, -0.05) is 207 Å². The highest BCUT2D eigenvalue weighted by atomic mass is 19.2. The SMILES string of the molecule is C=Cc1ccc(Oc2ccc(C3(c4c(F)c(F)c(F)c(F)c4F)c4ccccc4-c4ccc(N(c5cccc(F)c5)c5ccc6c(c5)C5(c7ccccc7-6)c6ccccc6-c6ccc(N(c7cccc(F)c7)c7ccc8c(c7)C(c7ccc(Oc9ccc(C=C)cc9)cc7)(c7c(F)c(F)c(F)c(F)c7F)c7ccccc7-8)cc65)cc43)cc2)cc1. The number of ether oxygens (including phenoxy) is 2. The number of nitrogens with zero attached hydrogens (tertiary/aromatic N) is 2. The van der Waals surface area contributed by atoms with Gasteiger partial charge in [-0.05, 0) is 245 Å². The Balaban J connectivity index is 0.787. The molecule has 576 valence electrons. The molecule has 0 radical (unpaired) electrons. The lowest BCUT2D eigenvalue weighted by Crippen LogP contribution is -2.33. The highest BCUT2D eigenvalue weighted by Crippen LogP contribution is 2.66. The summed E-state index contributed by atoms with van der Waals surface area (Å²) in [7, 11) is 0. The van der Waals surface area contributed by atoms with E-state index in [9.17, 15) is 0 Å². The van der Waals surface area contributed by atoms with Gasteiger partial charge in [0, 0.05) is 45.3 Å². The summed E-state index contributed by atoms with van der Waals surface area (Å²) in [6.45, 7) is 7.64. The largest absolute Gasteiger partial charge is 0.457 e. The minimum absolute atomic E-state index is 0.0978. The molecule has 16 heteroatoms. The fourth-order valence-corrected chi connectivity index (χ4v) is 18.8. The van der Waals surface area contributed by atoms with E-state index in [1.807, 2.05) is 84.9 Å². The molecule has 16 aromatic rings. The normalized spacial score (nSPS) is 15.9. The van der Waals surface area contributed by atoms with E-state index in [-0.39, 0.29) is 67.6 Å². The van der Waals surface area contributed by atoms with Gasteiger partial charge in [-0.15, -0.1) is 0 Å². The molecule has 0 fully saturated rings. The first-order valence-electron chi connectivity index (χ1n) is 38.0. The highest BCUT2D eigenvalue weighted by molar-refractivity contribution is 5.99. The molecule has 119 heavy (non-hydrogen) atoms. The zero-order valence-corrected chi connectivity index (χ0v) is 62.3. The number of hydrogen-bond donors (Lipinski definition) is 0. The quantitative estimate of drug-likeness (QED) is 0.0547. The third kappa shape index (κ3) is 10.8. The second-order valence-corrected chi connectivity index (χ2v) is 29.7. The van der Waals surface area contributed by atoms with E-state index >= 15 is 52.7 Å². The molecule has 0 aromatic heterocycles. The van der Waals surface area contributed by atoms with Crippen molar-refractivity contribution in [2.45, 2.75) is 16.2 Å². The minimum Gasteiger partial charge on any atom is -0.457 e. The van der Waals surface area contributed by atoms with Gasteiger partial charge in [0.1, 0.15) is 34.6 Å². The van der Waals surface area contributed by atoms with Crippen LogP contribution in [0.3, 0.4) is 0 Å². The van der Waals surface area contributed by atoms with E-state index in [1.165, 1.54) is 60.7 Å². The van der Waals surface area contributed by atoms with Crippen LogP contribution in [0.5, 0.6) is 23.0 Å². The standard InChI is InChI=1S/C103H58F12N2O2/c1-3-57-27-39-69(40-28-57)118-71-43-31-59(32-44-71)101(89-91(106)95(110)99(114)96(111)92(89)107)81-23-9-5-19-73(81)77-47-35-65(53-85(77)101)116(63-17-13-15-61(104)51-63)67-37-49-79-75-21-7-11-25-83(75)103(87(79)55-67)84-26-12-8-22-76(84)80-50-38-68(56-88(80)103)117(64-18-14-16-62(105)52-64)66-36-48-78-74-20-6-10-24-82(74)102(86(78)54-66,90-93(108)97(112)100(115)98(113)94(90)109)60-33-45-72(46-34-60)119-70-41-29-58(4-2)30-42-70/h3-56H,1-2H2. The third-order valence-corrected chi connectivity index (χ3v) is 23.7. The van der Waals surface area contributed by atoms with Crippen LogP contribution in [-0.4, -0.2) is 0 Å². The maximum absolute atomic E-state index is 17.6. The number of fused-ring (bicyclic) bond motifs is 16. The van der Waals surface area contributed by atoms with Crippen molar-refractivity contribution in [1.29, 1.82) is 0 Å². The van der Waals surface area contributed by atoms with Gasteiger partial charge >= 0.3 is 0 Å². The lowest BCUT2D eigenvalue weighted by atomic mass is 9.67. The monoisotopic (exact) mass is 1580 g/mol. The van der Waals surface area contributed by atoms with Gasteiger partial charge < -0.3 is 19.3 Å². The molecule has 1 spiro atoms. The summed E-state index contributed by atoms with van der Waals surface area (Å²) in [4.78, 5) is 3.52. The van der Waals surface area contributed by atoms with Gasteiger partial charge in [0.2, 0.25) is 11.6 Å². The molecule has 0 amide bonds. The second kappa shape index (κ2) is 27.8. The summed E-state index contributed by atoms with van der Waals surface area (Å²) in [5.74, 6) is -21.5. The van der Waals surface area contributed by atoms with Gasteiger partial charge in [0.15, 0.2) is 46.5 Å². The number of benzene rings is 16. The molecular weight excluding hydrogens is 1530 g/mol. The summed E-state index contributed by atoms with van der Waals surface area (Å²) in [5.41, 5.74) is 4.04. The van der Waals surface area contributed by atoms with Gasteiger partial charge in [0.25, 0.3) is 0 Å². The van der Waals surface area contributed by atoms with Crippen LogP contribution in [0.2, 0.25) is 0 Å². The molecule has 0 aliphatic heterocycles. The molecule has 0 heterocycles. The number of anilines is 6. The Hall–Kier alpha value is -14.6. The molecule has 4 nitrogen and oxygen atoms in total. The predicted octanol–water partition coefficient (Wildman–Crippen LogP) is 28.2. The fourth-order valence-electron chi connectivity index (χ4n) is 18.8. The summed E-state index contributed by atoms with van der Waals surface area (Å²) >= 11 is 0. The summed E-state index contributed by atoms with van der Waals surface area (Å²) in [6.07, 6.45) is 3.33. The first kappa shape index (κ1) is 73.3. The van der Waals surface area contributed by atoms with Crippen LogP contribution >= 0.6 is 0 Å². The molecule has 4 aliphatic carbocycles. The molecule has 2 unspecified atom stereocenters. The van der Waals surface area contributed by atoms with Gasteiger partial charge in [-0.25, -0.2) is 52.7 Å². The zero-order chi connectivity index (χ0) is 81.7. The second-order valence-electron chi connectivity index (χ2n) is 29.7. The van der Waals surface area contributed by atoms with Gasteiger partial charge in [-0.3, -0.25) is 0 Å². The molecule has 16 aromatic carbocycles. The van der Waals surface area contributed by atoms with E-state index < -0.39 is 97.2 Å².